The van der Waals surface area contributed by atoms with Crippen molar-refractivity contribution in [3.8, 4) is 5.75 Å². The van der Waals surface area contributed by atoms with Gasteiger partial charge in [0, 0.05) is 19.7 Å². The van der Waals surface area contributed by atoms with Crippen molar-refractivity contribution in [2.24, 2.45) is 5.41 Å². The Kier molecular flexibility index (Phi) is 5.20. The number of hydrogen-bond donors (Lipinski definition) is 0. The van der Waals surface area contributed by atoms with E-state index in [-0.39, 0.29) is 11.5 Å². The van der Waals surface area contributed by atoms with Crippen molar-refractivity contribution in [2.45, 2.75) is 20.8 Å². The summed E-state index contributed by atoms with van der Waals surface area (Å²) in [4.78, 5) is 13.1. The van der Waals surface area contributed by atoms with E-state index in [1.807, 2.05) is 20.8 Å². The lowest BCUT2D eigenvalue weighted by atomic mass is 9.96. The fraction of sp³-hybridized carbons (Fsp3) is 0.500. The van der Waals surface area contributed by atoms with E-state index in [1.54, 1.807) is 0 Å². The van der Waals surface area contributed by atoms with Crippen LogP contribution in [0.5, 0.6) is 5.75 Å². The largest absolute Gasteiger partial charge is 0.477 e. The number of carbonyl (C=O) groups excluding carboxylic acids is 1. The average Bonchev–Trinajstić information content (AvgIpc) is 2.34. The van der Waals surface area contributed by atoms with Crippen molar-refractivity contribution in [1.82, 2.24) is 4.90 Å². The molecule has 0 fully saturated rings. The summed E-state index contributed by atoms with van der Waals surface area (Å²) in [5, 5.41) is 0. The monoisotopic (exact) mass is 307 g/mol. The summed E-state index contributed by atoms with van der Waals surface area (Å²) in [7, 11) is 1.50. The molecular formula is C14H17F4NO2. The Morgan fingerprint density at radius 2 is 1.62 bits per heavy atom. The first-order valence-electron chi connectivity index (χ1n) is 6.22. The molecule has 118 valence electrons. The molecule has 0 saturated heterocycles. The summed E-state index contributed by atoms with van der Waals surface area (Å²) in [6.07, 6.45) is 0. The predicted octanol–water partition coefficient (Wildman–Crippen LogP) is 3.13. The van der Waals surface area contributed by atoms with E-state index in [0.29, 0.717) is 6.54 Å². The molecule has 0 aliphatic heterocycles. The van der Waals surface area contributed by atoms with Gasteiger partial charge in [0.25, 0.3) is 5.91 Å². The minimum absolute atomic E-state index is 0.0745. The Bertz CT molecular complexity index is 515. The van der Waals surface area contributed by atoms with E-state index < -0.39 is 41.5 Å². The van der Waals surface area contributed by atoms with E-state index in [4.69, 9.17) is 0 Å². The van der Waals surface area contributed by atoms with Gasteiger partial charge in [0.05, 0.1) is 0 Å². The lowest BCUT2D eigenvalue weighted by Crippen LogP contribution is -2.37. The maximum Gasteiger partial charge on any atom is 0.260 e. The Balaban J connectivity index is 2.78. The zero-order valence-corrected chi connectivity index (χ0v) is 12.3. The van der Waals surface area contributed by atoms with E-state index >= 15 is 0 Å². The lowest BCUT2D eigenvalue weighted by Gasteiger charge is -2.26. The summed E-state index contributed by atoms with van der Waals surface area (Å²) in [5.41, 5.74) is -0.175. The smallest absolute Gasteiger partial charge is 0.260 e. The second-order valence-corrected chi connectivity index (χ2v) is 5.90. The normalized spacial score (nSPS) is 11.4. The number of likely N-dealkylation sites (N-methyl/N-ethyl adjacent to an activating group) is 1. The predicted molar refractivity (Wildman–Crippen MR) is 68.9 cm³/mol. The summed E-state index contributed by atoms with van der Waals surface area (Å²) in [5.74, 6) is -8.29. The van der Waals surface area contributed by atoms with E-state index in [0.717, 1.165) is 0 Å². The molecule has 0 N–H and O–H groups in total. The van der Waals surface area contributed by atoms with Crippen LogP contribution in [0, 0.1) is 28.7 Å². The molecule has 0 aromatic heterocycles. The van der Waals surface area contributed by atoms with Crippen LogP contribution in [0.15, 0.2) is 6.07 Å². The minimum atomic E-state index is -1.67. The third-order valence-electron chi connectivity index (χ3n) is 2.55. The summed E-state index contributed by atoms with van der Waals surface area (Å²) >= 11 is 0. The third kappa shape index (κ3) is 4.61. The van der Waals surface area contributed by atoms with Gasteiger partial charge in [0.15, 0.2) is 24.0 Å². The van der Waals surface area contributed by atoms with Crippen molar-refractivity contribution in [2.75, 3.05) is 20.2 Å². The number of carbonyl (C=O) groups is 1. The van der Waals surface area contributed by atoms with Crippen LogP contribution >= 0.6 is 0 Å². The Morgan fingerprint density at radius 1 is 1.14 bits per heavy atom. The van der Waals surface area contributed by atoms with Crippen molar-refractivity contribution in [3.63, 3.8) is 0 Å². The van der Waals surface area contributed by atoms with Gasteiger partial charge in [-0.05, 0) is 5.41 Å². The Hall–Kier alpha value is -1.79. The highest BCUT2D eigenvalue weighted by molar-refractivity contribution is 5.77. The molecule has 1 aromatic carbocycles. The number of halogens is 4. The van der Waals surface area contributed by atoms with Crippen LogP contribution in [0.3, 0.4) is 0 Å². The first-order valence-corrected chi connectivity index (χ1v) is 6.22. The molecule has 0 unspecified atom stereocenters. The molecule has 3 nitrogen and oxygen atoms in total. The van der Waals surface area contributed by atoms with Gasteiger partial charge in [-0.15, -0.1) is 0 Å². The maximum absolute atomic E-state index is 13.3. The molecule has 1 amide bonds. The minimum Gasteiger partial charge on any atom is -0.477 e. The van der Waals surface area contributed by atoms with Gasteiger partial charge < -0.3 is 9.64 Å². The van der Waals surface area contributed by atoms with Gasteiger partial charge >= 0.3 is 0 Å². The van der Waals surface area contributed by atoms with Crippen LogP contribution in [0.2, 0.25) is 0 Å². The molecule has 0 spiro atoms. The molecule has 0 bridgehead atoms. The van der Waals surface area contributed by atoms with Crippen molar-refractivity contribution in [3.05, 3.63) is 29.3 Å². The number of rotatable bonds is 4. The van der Waals surface area contributed by atoms with Crippen molar-refractivity contribution in [1.29, 1.82) is 0 Å². The molecule has 0 saturated carbocycles. The zero-order chi connectivity index (χ0) is 16.4. The maximum atomic E-state index is 13.3. The molecular weight excluding hydrogens is 290 g/mol. The van der Waals surface area contributed by atoms with Crippen LogP contribution < -0.4 is 4.74 Å². The molecule has 0 aliphatic carbocycles. The van der Waals surface area contributed by atoms with Gasteiger partial charge in [0.2, 0.25) is 11.6 Å². The van der Waals surface area contributed by atoms with E-state index in [2.05, 4.69) is 4.74 Å². The lowest BCUT2D eigenvalue weighted by molar-refractivity contribution is -0.133. The third-order valence-corrected chi connectivity index (χ3v) is 2.55. The molecule has 0 aliphatic rings. The zero-order valence-electron chi connectivity index (χ0n) is 12.3. The first kappa shape index (κ1) is 17.3. The first-order chi connectivity index (χ1) is 9.53. The van der Waals surface area contributed by atoms with Gasteiger partial charge in [0.1, 0.15) is 0 Å². The summed E-state index contributed by atoms with van der Waals surface area (Å²) in [6.45, 7) is 5.37. The highest BCUT2D eigenvalue weighted by Gasteiger charge is 2.23. The van der Waals surface area contributed by atoms with Gasteiger partial charge in [-0.25, -0.2) is 8.78 Å². The fourth-order valence-corrected chi connectivity index (χ4v) is 1.72. The molecule has 1 aromatic rings. The Labute approximate surface area is 120 Å². The molecule has 21 heavy (non-hydrogen) atoms. The SMILES string of the molecule is CN(CC(C)(C)C)C(=O)COc1c(F)c(F)cc(F)c1F. The van der Waals surface area contributed by atoms with Crippen molar-refractivity contribution >= 4 is 5.91 Å². The average molecular weight is 307 g/mol. The van der Waals surface area contributed by atoms with E-state index in [9.17, 15) is 22.4 Å². The van der Waals surface area contributed by atoms with E-state index in [1.165, 1.54) is 11.9 Å². The Morgan fingerprint density at radius 3 is 2.05 bits per heavy atom. The number of hydrogen-bond acceptors (Lipinski definition) is 2. The van der Waals surface area contributed by atoms with Crippen LogP contribution in [-0.4, -0.2) is 31.0 Å². The van der Waals surface area contributed by atoms with Crippen LogP contribution in [0.1, 0.15) is 20.8 Å². The van der Waals surface area contributed by atoms with Crippen LogP contribution in [0.25, 0.3) is 0 Å². The van der Waals surface area contributed by atoms with Gasteiger partial charge in [-0.3, -0.25) is 4.79 Å². The van der Waals surface area contributed by atoms with Gasteiger partial charge in [-0.2, -0.15) is 8.78 Å². The van der Waals surface area contributed by atoms with Gasteiger partial charge in [-0.1, -0.05) is 20.8 Å². The highest BCUT2D eigenvalue weighted by atomic mass is 19.2. The second kappa shape index (κ2) is 6.32. The number of ether oxygens (including phenoxy) is 1. The molecule has 0 heterocycles. The van der Waals surface area contributed by atoms with Crippen molar-refractivity contribution < 1.29 is 27.1 Å². The summed E-state index contributed by atoms with van der Waals surface area (Å²) < 4.78 is 57.2. The highest BCUT2D eigenvalue weighted by Crippen LogP contribution is 2.26. The fourth-order valence-electron chi connectivity index (χ4n) is 1.72. The van der Waals surface area contributed by atoms with Crippen LogP contribution in [0.4, 0.5) is 17.6 Å². The van der Waals surface area contributed by atoms with Crippen LogP contribution in [-0.2, 0) is 4.79 Å². The topological polar surface area (TPSA) is 29.5 Å². The quantitative estimate of drug-likeness (QED) is 0.632. The number of benzene rings is 1. The standard InChI is InChI=1S/C14H17F4NO2/c1-14(2,3)7-19(4)10(20)6-21-13-11(17)8(15)5-9(16)12(13)18/h5H,6-7H2,1-4H3. The summed E-state index contributed by atoms with van der Waals surface area (Å²) in [6, 6.07) is 0.0745. The molecule has 7 heteroatoms. The molecule has 1 rings (SSSR count). The molecule has 0 atom stereocenters. The number of amides is 1. The molecule has 0 radical (unpaired) electrons. The second-order valence-electron chi connectivity index (χ2n) is 5.90. The number of nitrogens with zero attached hydrogens (tertiary/aromatic N) is 1.